The Morgan fingerprint density at radius 3 is 2.50 bits per heavy atom. The van der Waals surface area contributed by atoms with Crippen molar-refractivity contribution in [2.75, 3.05) is 0 Å². The lowest BCUT2D eigenvalue weighted by Crippen LogP contribution is -2.06. The summed E-state index contributed by atoms with van der Waals surface area (Å²) in [6.45, 7) is 0.515. The third-order valence-electron chi connectivity index (χ3n) is 4.62. The fraction of sp³-hybridized carbons (Fsp3) is 0.0909. The number of hydrogen-bond donors (Lipinski definition) is 1. The molecule has 4 rings (SSSR count). The minimum absolute atomic E-state index is 0.216. The van der Waals surface area contributed by atoms with Gasteiger partial charge in [0.25, 0.3) is 0 Å². The van der Waals surface area contributed by atoms with Crippen molar-refractivity contribution >= 4 is 40.2 Å². The smallest absolute Gasteiger partial charge is 0.335 e. The van der Waals surface area contributed by atoms with E-state index in [0.717, 1.165) is 22.5 Å². The van der Waals surface area contributed by atoms with Gasteiger partial charge >= 0.3 is 5.97 Å². The Balaban J connectivity index is 1.83. The molecule has 0 saturated heterocycles. The number of carbonyl (C=O) groups is 1. The Hall–Kier alpha value is -2.82. The molecule has 140 valence electrons. The van der Waals surface area contributed by atoms with E-state index < -0.39 is 5.97 Å². The molecule has 1 N–H and O–H groups in total. The summed E-state index contributed by atoms with van der Waals surface area (Å²) in [5.41, 5.74) is 3.77. The number of fused-ring (bicyclic) bond motifs is 1. The molecule has 0 aliphatic heterocycles. The summed E-state index contributed by atoms with van der Waals surface area (Å²) in [6.07, 6.45) is 0.628. The van der Waals surface area contributed by atoms with Gasteiger partial charge in [0.2, 0.25) is 0 Å². The topological polar surface area (TPSA) is 55.1 Å². The van der Waals surface area contributed by atoms with Gasteiger partial charge in [-0.3, -0.25) is 0 Å². The van der Waals surface area contributed by atoms with Crippen LogP contribution < -0.4 is 0 Å². The van der Waals surface area contributed by atoms with E-state index in [2.05, 4.69) is 4.57 Å². The number of hydrogen-bond acceptors (Lipinski definition) is 2. The SMILES string of the molecule is O=C(O)c1ccc2c(c1)nc(Cc1ccccc1)n2Cc1ccc(Cl)cc1Cl. The Morgan fingerprint density at radius 2 is 1.79 bits per heavy atom. The summed E-state index contributed by atoms with van der Waals surface area (Å²) in [5.74, 6) is -0.128. The number of nitrogens with zero attached hydrogens (tertiary/aromatic N) is 2. The molecule has 0 fully saturated rings. The zero-order valence-electron chi connectivity index (χ0n) is 14.8. The Bertz CT molecular complexity index is 1170. The molecule has 4 aromatic rings. The molecule has 0 aliphatic carbocycles. The molecule has 0 spiro atoms. The average Bonchev–Trinajstić information content (AvgIpc) is 3.01. The lowest BCUT2D eigenvalue weighted by molar-refractivity contribution is 0.0697. The molecule has 3 aromatic carbocycles. The molecule has 4 nitrogen and oxygen atoms in total. The summed E-state index contributed by atoms with van der Waals surface area (Å²) in [5, 5.41) is 10.5. The maximum absolute atomic E-state index is 11.3. The highest BCUT2D eigenvalue weighted by molar-refractivity contribution is 6.35. The number of aromatic nitrogens is 2. The summed E-state index contributed by atoms with van der Waals surface area (Å²) in [7, 11) is 0. The second-order valence-electron chi connectivity index (χ2n) is 6.52. The van der Waals surface area contributed by atoms with Crippen LogP contribution in [0.4, 0.5) is 0 Å². The quantitative estimate of drug-likeness (QED) is 0.460. The van der Waals surface area contributed by atoms with Crippen LogP contribution in [0.25, 0.3) is 11.0 Å². The number of aromatic carboxylic acids is 1. The molecular formula is C22H16Cl2N2O2. The van der Waals surface area contributed by atoms with Crippen molar-refractivity contribution < 1.29 is 9.90 Å². The highest BCUT2D eigenvalue weighted by Gasteiger charge is 2.15. The highest BCUT2D eigenvalue weighted by Crippen LogP contribution is 2.26. The average molecular weight is 411 g/mol. The predicted octanol–water partition coefficient (Wildman–Crippen LogP) is 5.68. The van der Waals surface area contributed by atoms with Gasteiger partial charge in [0.15, 0.2) is 0 Å². The first-order chi connectivity index (χ1) is 13.5. The van der Waals surface area contributed by atoms with Gasteiger partial charge in [-0.05, 0) is 41.5 Å². The van der Waals surface area contributed by atoms with Crippen molar-refractivity contribution in [2.45, 2.75) is 13.0 Å². The van der Waals surface area contributed by atoms with Gasteiger partial charge in [-0.1, -0.05) is 59.6 Å². The standard InChI is InChI=1S/C22H16Cl2N2O2/c23-17-8-6-16(18(24)12-17)13-26-20-9-7-15(22(27)28)11-19(20)25-21(26)10-14-4-2-1-3-5-14/h1-9,11-12H,10,13H2,(H,27,28). The molecule has 0 aliphatic rings. The second kappa shape index (κ2) is 7.66. The summed E-state index contributed by atoms with van der Waals surface area (Å²) >= 11 is 12.4. The fourth-order valence-electron chi connectivity index (χ4n) is 3.22. The van der Waals surface area contributed by atoms with E-state index in [0.29, 0.717) is 28.5 Å². The van der Waals surface area contributed by atoms with Gasteiger partial charge in [0, 0.05) is 16.5 Å². The van der Waals surface area contributed by atoms with Crippen molar-refractivity contribution in [1.82, 2.24) is 9.55 Å². The van der Waals surface area contributed by atoms with Crippen LogP contribution in [0.15, 0.2) is 66.7 Å². The summed E-state index contributed by atoms with van der Waals surface area (Å²) in [6, 6.07) is 20.5. The minimum atomic E-state index is -0.971. The first-order valence-electron chi connectivity index (χ1n) is 8.71. The molecule has 0 bridgehead atoms. The molecule has 1 aromatic heterocycles. The lowest BCUT2D eigenvalue weighted by atomic mass is 10.1. The van der Waals surface area contributed by atoms with E-state index in [1.165, 1.54) is 0 Å². The van der Waals surface area contributed by atoms with Crippen LogP contribution in [0.2, 0.25) is 10.0 Å². The number of halogens is 2. The van der Waals surface area contributed by atoms with Crippen molar-refractivity contribution in [1.29, 1.82) is 0 Å². The lowest BCUT2D eigenvalue weighted by Gasteiger charge is -2.11. The van der Waals surface area contributed by atoms with Crippen LogP contribution in [0.1, 0.15) is 27.3 Å². The summed E-state index contributed by atoms with van der Waals surface area (Å²) in [4.78, 5) is 16.1. The van der Waals surface area contributed by atoms with E-state index >= 15 is 0 Å². The Morgan fingerprint density at radius 1 is 1.00 bits per heavy atom. The number of carboxylic acid groups (broad SMARTS) is 1. The largest absolute Gasteiger partial charge is 0.478 e. The number of benzene rings is 3. The zero-order chi connectivity index (χ0) is 19.7. The van der Waals surface area contributed by atoms with Gasteiger partial charge in [0.05, 0.1) is 23.1 Å². The van der Waals surface area contributed by atoms with Crippen LogP contribution in [0.5, 0.6) is 0 Å². The minimum Gasteiger partial charge on any atom is -0.478 e. The maximum Gasteiger partial charge on any atom is 0.335 e. The van der Waals surface area contributed by atoms with Crippen molar-refractivity contribution in [3.8, 4) is 0 Å². The molecule has 0 unspecified atom stereocenters. The Kier molecular flexibility index (Phi) is 5.07. The third-order valence-corrected chi connectivity index (χ3v) is 5.21. The van der Waals surface area contributed by atoms with Gasteiger partial charge < -0.3 is 9.67 Å². The van der Waals surface area contributed by atoms with Gasteiger partial charge in [-0.2, -0.15) is 0 Å². The van der Waals surface area contributed by atoms with E-state index in [9.17, 15) is 9.90 Å². The molecule has 0 atom stereocenters. The molecular weight excluding hydrogens is 395 g/mol. The van der Waals surface area contributed by atoms with Gasteiger partial charge in [0.1, 0.15) is 5.82 Å². The van der Waals surface area contributed by atoms with Crippen LogP contribution >= 0.6 is 23.2 Å². The van der Waals surface area contributed by atoms with Crippen molar-refractivity contribution in [3.63, 3.8) is 0 Å². The van der Waals surface area contributed by atoms with Crippen LogP contribution in [-0.4, -0.2) is 20.6 Å². The molecule has 0 saturated carbocycles. The number of carboxylic acids is 1. The first kappa shape index (κ1) is 18.5. The van der Waals surface area contributed by atoms with Crippen LogP contribution in [0.3, 0.4) is 0 Å². The molecule has 6 heteroatoms. The van der Waals surface area contributed by atoms with Gasteiger partial charge in [-0.25, -0.2) is 9.78 Å². The van der Waals surface area contributed by atoms with E-state index in [4.69, 9.17) is 28.2 Å². The molecule has 1 heterocycles. The van der Waals surface area contributed by atoms with Crippen LogP contribution in [-0.2, 0) is 13.0 Å². The molecule has 0 radical (unpaired) electrons. The third kappa shape index (κ3) is 3.75. The monoisotopic (exact) mass is 410 g/mol. The van der Waals surface area contributed by atoms with E-state index in [-0.39, 0.29) is 5.56 Å². The number of imidazole rings is 1. The van der Waals surface area contributed by atoms with Crippen LogP contribution in [0, 0.1) is 0 Å². The highest BCUT2D eigenvalue weighted by atomic mass is 35.5. The maximum atomic E-state index is 11.3. The number of rotatable bonds is 5. The van der Waals surface area contributed by atoms with Crippen molar-refractivity contribution in [2.24, 2.45) is 0 Å². The Labute approximate surface area is 172 Å². The molecule has 0 amide bonds. The van der Waals surface area contributed by atoms with E-state index in [1.807, 2.05) is 36.4 Å². The fourth-order valence-corrected chi connectivity index (χ4v) is 3.69. The van der Waals surface area contributed by atoms with Crippen molar-refractivity contribution in [3.05, 3.63) is 99.3 Å². The second-order valence-corrected chi connectivity index (χ2v) is 7.36. The van der Waals surface area contributed by atoms with Gasteiger partial charge in [-0.15, -0.1) is 0 Å². The van der Waals surface area contributed by atoms with E-state index in [1.54, 1.807) is 30.3 Å². The molecule has 28 heavy (non-hydrogen) atoms. The zero-order valence-corrected chi connectivity index (χ0v) is 16.3. The summed E-state index contributed by atoms with van der Waals surface area (Å²) < 4.78 is 2.07. The normalized spacial score (nSPS) is 11.1. The first-order valence-corrected chi connectivity index (χ1v) is 9.47. The predicted molar refractivity (Wildman–Crippen MR) is 112 cm³/mol.